The van der Waals surface area contributed by atoms with Crippen molar-refractivity contribution in [2.75, 3.05) is 18.4 Å². The number of rotatable bonds is 2. The van der Waals surface area contributed by atoms with Gasteiger partial charge in [-0.15, -0.1) is 0 Å². The topological polar surface area (TPSA) is 50.7 Å². The van der Waals surface area contributed by atoms with Crippen molar-refractivity contribution in [2.24, 2.45) is 4.36 Å². The number of nitrogens with one attached hydrogen (secondary N) is 1. The van der Waals surface area contributed by atoms with E-state index in [0.29, 0.717) is 0 Å². The maximum atomic E-state index is 14.5. The second kappa shape index (κ2) is 6.95. The quantitative estimate of drug-likeness (QED) is 0.455. The smallest absolute Gasteiger partial charge is 0.200 e. The lowest BCUT2D eigenvalue weighted by molar-refractivity contribution is 0.359. The summed E-state index contributed by atoms with van der Waals surface area (Å²) >= 11 is 0. The van der Waals surface area contributed by atoms with Crippen molar-refractivity contribution in [1.82, 2.24) is 0 Å². The van der Waals surface area contributed by atoms with Gasteiger partial charge in [-0.2, -0.15) is 0 Å². The van der Waals surface area contributed by atoms with Gasteiger partial charge in [0.2, 0.25) is 5.82 Å². The zero-order valence-electron chi connectivity index (χ0n) is 13.7. The monoisotopic (exact) mass is 410 g/mol. The molecule has 0 radical (unpaired) electrons. The fraction of sp³-hybridized carbons (Fsp3) is 0.250. The van der Waals surface area contributed by atoms with Gasteiger partial charge in [0.1, 0.15) is 4.90 Å². The molecule has 146 valence electrons. The van der Waals surface area contributed by atoms with Gasteiger partial charge in [-0.3, -0.25) is 4.72 Å². The Morgan fingerprint density at radius 1 is 0.963 bits per heavy atom. The average Bonchev–Trinajstić information content (AvgIpc) is 2.62. The van der Waals surface area contributed by atoms with Gasteiger partial charge in [0.05, 0.1) is 19.3 Å². The minimum Gasteiger partial charge on any atom is -0.494 e. The summed E-state index contributed by atoms with van der Waals surface area (Å²) in [5.41, 5.74) is -0.147. The van der Waals surface area contributed by atoms with Crippen LogP contribution in [0.15, 0.2) is 21.4 Å². The first-order valence-electron chi connectivity index (χ1n) is 7.58. The zero-order valence-corrected chi connectivity index (χ0v) is 14.5. The molecule has 27 heavy (non-hydrogen) atoms. The highest BCUT2D eigenvalue weighted by Gasteiger charge is 2.33. The summed E-state index contributed by atoms with van der Waals surface area (Å²) in [6, 6.07) is 2.39. The van der Waals surface area contributed by atoms with Crippen LogP contribution in [-0.2, 0) is 16.3 Å². The average molecular weight is 410 g/mol. The van der Waals surface area contributed by atoms with Crippen molar-refractivity contribution in [1.29, 1.82) is 0 Å². The Morgan fingerprint density at radius 3 is 2.15 bits per heavy atom. The Bertz CT molecular complexity index is 1020. The molecule has 1 heterocycles. The van der Waals surface area contributed by atoms with E-state index in [4.69, 9.17) is 4.74 Å². The van der Waals surface area contributed by atoms with Crippen LogP contribution in [0.2, 0.25) is 0 Å². The lowest BCUT2D eigenvalue weighted by atomic mass is 10.1. The second-order valence-electron chi connectivity index (χ2n) is 5.59. The number of anilines is 1. The van der Waals surface area contributed by atoms with Gasteiger partial charge in [0.15, 0.2) is 44.8 Å². The molecule has 0 spiro atoms. The highest BCUT2D eigenvalue weighted by atomic mass is 32.2. The molecule has 0 fully saturated rings. The van der Waals surface area contributed by atoms with Crippen LogP contribution in [-0.4, -0.2) is 17.9 Å². The maximum Gasteiger partial charge on any atom is 0.200 e. The molecule has 4 nitrogen and oxygen atoms in total. The first-order valence-corrected chi connectivity index (χ1v) is 9.10. The summed E-state index contributed by atoms with van der Waals surface area (Å²) in [6.07, 6.45) is 0.257. The standard InChI is InChI=1S/C16H12F6N2O2S/c1-26-9-5-4-8-7(10(9)17)3-2-6-23-27(25,24-8)16-14(21)12(19)11(18)13(20)15(16)22/h4-5H,2-3,6H2,1H3,(H,23,24,25). The summed E-state index contributed by atoms with van der Waals surface area (Å²) in [6.45, 7) is -0.262. The Balaban J connectivity index is 2.25. The van der Waals surface area contributed by atoms with Crippen LogP contribution in [0.25, 0.3) is 0 Å². The normalized spacial score (nSPS) is 19.4. The zero-order chi connectivity index (χ0) is 19.9. The largest absolute Gasteiger partial charge is 0.494 e. The lowest BCUT2D eigenvalue weighted by Crippen LogP contribution is -2.22. The molecule has 3 rings (SSSR count). The van der Waals surface area contributed by atoms with Crippen molar-refractivity contribution in [3.8, 4) is 5.75 Å². The van der Waals surface area contributed by atoms with Crippen LogP contribution in [0.5, 0.6) is 5.75 Å². The van der Waals surface area contributed by atoms with Crippen LogP contribution in [0.3, 0.4) is 0 Å². The molecule has 11 heteroatoms. The van der Waals surface area contributed by atoms with Crippen molar-refractivity contribution in [2.45, 2.75) is 17.7 Å². The molecule has 1 aliphatic heterocycles. The molecule has 0 saturated heterocycles. The molecule has 1 aliphatic rings. The molecular formula is C16H12F6N2O2S. The third kappa shape index (κ3) is 3.09. The molecule has 0 saturated carbocycles. The number of methoxy groups -OCH3 is 1. The number of ether oxygens (including phenoxy) is 1. The maximum absolute atomic E-state index is 14.5. The number of benzene rings is 2. The molecule has 0 amide bonds. The van der Waals surface area contributed by atoms with E-state index in [-0.39, 0.29) is 36.4 Å². The summed E-state index contributed by atoms with van der Waals surface area (Å²) in [4.78, 5) is -1.59. The molecule has 1 unspecified atom stereocenters. The van der Waals surface area contributed by atoms with Crippen LogP contribution < -0.4 is 9.46 Å². The van der Waals surface area contributed by atoms with Crippen molar-refractivity contribution in [3.63, 3.8) is 0 Å². The van der Waals surface area contributed by atoms with Gasteiger partial charge >= 0.3 is 0 Å². The summed E-state index contributed by atoms with van der Waals surface area (Å²) in [5.74, 6) is -12.3. The summed E-state index contributed by atoms with van der Waals surface area (Å²) in [5, 5.41) is 0. The van der Waals surface area contributed by atoms with Gasteiger partial charge in [-0.1, -0.05) is 0 Å². The van der Waals surface area contributed by atoms with E-state index < -0.39 is 49.7 Å². The van der Waals surface area contributed by atoms with Gasteiger partial charge in [0, 0.05) is 5.56 Å². The number of fused-ring (bicyclic) bond motifs is 1. The number of hydrogen-bond donors (Lipinski definition) is 1. The first kappa shape index (κ1) is 19.3. The van der Waals surface area contributed by atoms with E-state index in [0.717, 1.165) is 0 Å². The molecule has 2 aromatic rings. The van der Waals surface area contributed by atoms with Crippen molar-refractivity contribution >= 4 is 15.6 Å². The third-order valence-electron chi connectivity index (χ3n) is 3.98. The lowest BCUT2D eigenvalue weighted by Gasteiger charge is -2.21. The molecular weight excluding hydrogens is 398 g/mol. The van der Waals surface area contributed by atoms with E-state index >= 15 is 0 Å². The molecule has 0 bridgehead atoms. The first-order chi connectivity index (χ1) is 12.7. The van der Waals surface area contributed by atoms with Gasteiger partial charge in [0.25, 0.3) is 0 Å². The fourth-order valence-electron chi connectivity index (χ4n) is 2.67. The SMILES string of the molecule is COc1ccc2c(c1F)CCCN=S(=O)(c1c(F)c(F)c(F)c(F)c1F)N2. The van der Waals surface area contributed by atoms with Crippen molar-refractivity contribution in [3.05, 3.63) is 52.6 Å². The van der Waals surface area contributed by atoms with Gasteiger partial charge < -0.3 is 4.74 Å². The Kier molecular flexibility index (Phi) is 4.98. The number of hydrogen-bond acceptors (Lipinski definition) is 3. The van der Waals surface area contributed by atoms with E-state index in [2.05, 4.69) is 9.08 Å². The Hall–Kier alpha value is -2.43. The Labute approximate surface area is 150 Å². The molecule has 1 atom stereocenters. The van der Waals surface area contributed by atoms with E-state index in [9.17, 15) is 30.6 Å². The molecule has 0 aliphatic carbocycles. The second-order valence-corrected chi connectivity index (χ2v) is 7.51. The van der Waals surface area contributed by atoms with E-state index in [1.165, 1.54) is 19.2 Å². The van der Waals surface area contributed by atoms with Crippen molar-refractivity contribution < 1.29 is 35.3 Å². The van der Waals surface area contributed by atoms with Gasteiger partial charge in [-0.05, 0) is 25.0 Å². The molecule has 0 aromatic heterocycles. The Morgan fingerprint density at radius 2 is 1.56 bits per heavy atom. The molecule has 1 N–H and O–H groups in total. The minimum atomic E-state index is -4.33. The van der Waals surface area contributed by atoms with Crippen LogP contribution >= 0.6 is 0 Å². The van der Waals surface area contributed by atoms with Crippen LogP contribution in [0, 0.1) is 34.9 Å². The van der Waals surface area contributed by atoms with E-state index in [1.54, 1.807) is 0 Å². The predicted octanol–water partition coefficient (Wildman–Crippen LogP) is 4.33. The molecule has 2 aromatic carbocycles. The van der Waals surface area contributed by atoms with Crippen LogP contribution in [0.1, 0.15) is 12.0 Å². The summed E-state index contributed by atoms with van der Waals surface area (Å²) in [7, 11) is -3.10. The third-order valence-corrected chi connectivity index (χ3v) is 5.93. The summed E-state index contributed by atoms with van der Waals surface area (Å²) < 4.78 is 107. The van der Waals surface area contributed by atoms with Gasteiger partial charge in [-0.25, -0.2) is 34.9 Å². The van der Waals surface area contributed by atoms with Crippen LogP contribution in [0.4, 0.5) is 32.0 Å². The van der Waals surface area contributed by atoms with E-state index in [1.807, 2.05) is 0 Å². The highest BCUT2D eigenvalue weighted by molar-refractivity contribution is 7.95. The number of halogens is 6. The minimum absolute atomic E-state index is 0.000784. The highest BCUT2D eigenvalue weighted by Crippen LogP contribution is 2.34. The fourth-order valence-corrected chi connectivity index (χ4v) is 4.51. The predicted molar refractivity (Wildman–Crippen MR) is 84.8 cm³/mol. The number of nitrogens with zero attached hydrogens (tertiary/aromatic N) is 1.